The van der Waals surface area contributed by atoms with Crippen molar-refractivity contribution in [3.63, 3.8) is 0 Å². The molecular weight excluding hydrogens is 326 g/mol. The Balaban J connectivity index is 2.42. The molecule has 2 rings (SSSR count). The molecule has 1 atom stereocenters. The summed E-state index contributed by atoms with van der Waals surface area (Å²) in [5.74, 6) is 1.49. The van der Waals surface area contributed by atoms with Crippen molar-refractivity contribution >= 4 is 27.3 Å². The Bertz CT molecular complexity index is 556. The Morgan fingerprint density at radius 2 is 1.89 bits per heavy atom. The molecule has 1 unspecified atom stereocenters. The first kappa shape index (κ1) is 14.4. The van der Waals surface area contributed by atoms with Crippen molar-refractivity contribution in [1.29, 1.82) is 0 Å². The van der Waals surface area contributed by atoms with Gasteiger partial charge >= 0.3 is 0 Å². The van der Waals surface area contributed by atoms with Crippen LogP contribution in [0.5, 0.6) is 11.5 Å². The van der Waals surface area contributed by atoms with E-state index in [-0.39, 0.29) is 6.04 Å². The number of rotatable bonds is 5. The van der Waals surface area contributed by atoms with Crippen molar-refractivity contribution in [2.45, 2.75) is 6.04 Å². The zero-order valence-corrected chi connectivity index (χ0v) is 13.5. The van der Waals surface area contributed by atoms with Gasteiger partial charge in [-0.25, -0.2) is 0 Å². The molecular formula is C14H16BrNO2S. The Labute approximate surface area is 125 Å². The highest BCUT2D eigenvalue weighted by Crippen LogP contribution is 2.36. The van der Waals surface area contributed by atoms with Crippen LogP contribution in [0.1, 0.15) is 16.5 Å². The van der Waals surface area contributed by atoms with E-state index in [1.807, 2.05) is 19.2 Å². The van der Waals surface area contributed by atoms with Crippen molar-refractivity contribution in [2.75, 3.05) is 21.3 Å². The van der Waals surface area contributed by atoms with Gasteiger partial charge in [0.05, 0.1) is 20.3 Å². The van der Waals surface area contributed by atoms with E-state index in [0.717, 1.165) is 21.5 Å². The summed E-state index contributed by atoms with van der Waals surface area (Å²) in [5.41, 5.74) is 1.14. The fourth-order valence-corrected chi connectivity index (χ4v) is 3.73. The lowest BCUT2D eigenvalue weighted by Gasteiger charge is -2.18. The van der Waals surface area contributed by atoms with Crippen LogP contribution in [-0.4, -0.2) is 21.3 Å². The number of thiophene rings is 1. The lowest BCUT2D eigenvalue weighted by molar-refractivity contribution is 0.354. The zero-order chi connectivity index (χ0) is 13.8. The molecule has 0 saturated carbocycles. The summed E-state index contributed by atoms with van der Waals surface area (Å²) in [6.07, 6.45) is 0. The van der Waals surface area contributed by atoms with Crippen molar-refractivity contribution in [1.82, 2.24) is 5.32 Å². The van der Waals surface area contributed by atoms with E-state index < -0.39 is 0 Å². The van der Waals surface area contributed by atoms with E-state index in [9.17, 15) is 0 Å². The number of halogens is 1. The molecule has 0 aliphatic heterocycles. The van der Waals surface area contributed by atoms with Crippen molar-refractivity contribution in [2.24, 2.45) is 0 Å². The van der Waals surface area contributed by atoms with E-state index in [1.54, 1.807) is 25.6 Å². The van der Waals surface area contributed by atoms with Gasteiger partial charge in [0.25, 0.3) is 0 Å². The first-order chi connectivity index (χ1) is 9.21. The third-order valence-electron chi connectivity index (χ3n) is 2.94. The fourth-order valence-electron chi connectivity index (χ4n) is 1.99. The van der Waals surface area contributed by atoms with Crippen LogP contribution in [0.25, 0.3) is 0 Å². The predicted molar refractivity (Wildman–Crippen MR) is 82.5 cm³/mol. The molecule has 5 heteroatoms. The van der Waals surface area contributed by atoms with Gasteiger partial charge < -0.3 is 14.8 Å². The number of nitrogens with one attached hydrogen (secondary N) is 1. The molecule has 0 saturated heterocycles. The molecule has 0 aliphatic carbocycles. The minimum absolute atomic E-state index is 0.134. The van der Waals surface area contributed by atoms with Gasteiger partial charge in [0.1, 0.15) is 0 Å². The topological polar surface area (TPSA) is 30.5 Å². The first-order valence-corrected chi connectivity index (χ1v) is 7.50. The van der Waals surface area contributed by atoms with Gasteiger partial charge in [-0.3, -0.25) is 0 Å². The first-order valence-electron chi connectivity index (χ1n) is 5.83. The van der Waals surface area contributed by atoms with Gasteiger partial charge in [-0.15, -0.1) is 11.3 Å². The van der Waals surface area contributed by atoms with E-state index in [0.29, 0.717) is 0 Å². The van der Waals surface area contributed by atoms with Crippen LogP contribution in [0, 0.1) is 0 Å². The smallest absolute Gasteiger partial charge is 0.161 e. The molecule has 0 spiro atoms. The second kappa shape index (κ2) is 6.41. The van der Waals surface area contributed by atoms with Crippen LogP contribution < -0.4 is 14.8 Å². The van der Waals surface area contributed by atoms with Crippen LogP contribution in [0.3, 0.4) is 0 Å². The third kappa shape index (κ3) is 2.94. The van der Waals surface area contributed by atoms with Crippen LogP contribution in [0.4, 0.5) is 0 Å². The lowest BCUT2D eigenvalue weighted by atomic mass is 10.0. The summed E-state index contributed by atoms with van der Waals surface area (Å²) in [4.78, 5) is 1.25. The van der Waals surface area contributed by atoms with Crippen LogP contribution in [0.15, 0.2) is 34.1 Å². The molecule has 0 bridgehead atoms. The van der Waals surface area contributed by atoms with Crippen LogP contribution in [0.2, 0.25) is 0 Å². The monoisotopic (exact) mass is 341 g/mol. The maximum Gasteiger partial charge on any atom is 0.161 e. The van der Waals surface area contributed by atoms with E-state index >= 15 is 0 Å². The quantitative estimate of drug-likeness (QED) is 0.896. The Hall–Kier alpha value is -1.04. The molecule has 1 aromatic carbocycles. The largest absolute Gasteiger partial charge is 0.493 e. The number of benzene rings is 1. The molecule has 0 radical (unpaired) electrons. The average Bonchev–Trinajstić information content (AvgIpc) is 2.86. The van der Waals surface area contributed by atoms with Crippen molar-refractivity contribution in [3.8, 4) is 11.5 Å². The number of hydrogen-bond acceptors (Lipinski definition) is 4. The molecule has 0 fully saturated rings. The summed E-state index contributed by atoms with van der Waals surface area (Å²) < 4.78 is 11.7. The predicted octanol–water partition coefficient (Wildman–Crippen LogP) is 3.84. The van der Waals surface area contributed by atoms with Gasteiger partial charge in [-0.2, -0.15) is 0 Å². The average molecular weight is 342 g/mol. The molecule has 3 nitrogen and oxygen atoms in total. The van der Waals surface area contributed by atoms with Crippen LogP contribution in [-0.2, 0) is 0 Å². The van der Waals surface area contributed by atoms with Crippen LogP contribution >= 0.6 is 27.3 Å². The normalized spacial score (nSPS) is 12.2. The summed E-state index contributed by atoms with van der Waals surface area (Å²) in [6, 6.07) is 8.18. The van der Waals surface area contributed by atoms with Gasteiger partial charge in [-0.1, -0.05) is 6.07 Å². The summed E-state index contributed by atoms with van der Waals surface area (Å²) >= 11 is 5.30. The lowest BCUT2D eigenvalue weighted by Crippen LogP contribution is -2.17. The van der Waals surface area contributed by atoms with Crippen molar-refractivity contribution < 1.29 is 9.47 Å². The molecule has 1 aromatic heterocycles. The second-order valence-electron chi connectivity index (χ2n) is 3.97. The van der Waals surface area contributed by atoms with E-state index in [1.165, 1.54) is 4.88 Å². The minimum atomic E-state index is 0.134. The Kier molecular flexibility index (Phi) is 4.85. The highest BCUT2D eigenvalue weighted by molar-refractivity contribution is 9.10. The van der Waals surface area contributed by atoms with E-state index in [2.05, 4.69) is 38.8 Å². The molecule has 1 N–H and O–H groups in total. The molecule has 19 heavy (non-hydrogen) atoms. The molecule has 2 aromatic rings. The van der Waals surface area contributed by atoms with Gasteiger partial charge in [0, 0.05) is 9.35 Å². The fraction of sp³-hybridized carbons (Fsp3) is 0.286. The van der Waals surface area contributed by atoms with Gasteiger partial charge in [0.15, 0.2) is 11.5 Å². The maximum atomic E-state index is 5.36. The Morgan fingerprint density at radius 3 is 2.42 bits per heavy atom. The molecule has 0 aliphatic rings. The number of ether oxygens (including phenoxy) is 2. The summed E-state index contributed by atoms with van der Waals surface area (Å²) in [6.45, 7) is 0. The van der Waals surface area contributed by atoms with E-state index in [4.69, 9.17) is 9.47 Å². The standard InChI is InChI=1S/C14H16BrNO2S/c1-16-13(14-10(15)6-7-19-14)9-4-5-11(17-2)12(8-9)18-3/h4-8,13,16H,1-3H3. The van der Waals surface area contributed by atoms with Gasteiger partial charge in [0.2, 0.25) is 0 Å². The second-order valence-corrected chi connectivity index (χ2v) is 5.77. The maximum absolute atomic E-state index is 5.36. The van der Waals surface area contributed by atoms with Crippen molar-refractivity contribution in [3.05, 3.63) is 44.6 Å². The molecule has 0 amide bonds. The third-order valence-corrected chi connectivity index (χ3v) is 4.87. The number of hydrogen-bond donors (Lipinski definition) is 1. The summed E-state index contributed by atoms with van der Waals surface area (Å²) in [5, 5.41) is 5.41. The highest BCUT2D eigenvalue weighted by Gasteiger charge is 2.18. The molecule has 102 valence electrons. The SMILES string of the molecule is CNC(c1ccc(OC)c(OC)c1)c1sccc1Br. The minimum Gasteiger partial charge on any atom is -0.493 e. The number of methoxy groups -OCH3 is 2. The Morgan fingerprint density at radius 1 is 1.16 bits per heavy atom. The molecule has 1 heterocycles. The summed E-state index contributed by atoms with van der Waals surface area (Å²) in [7, 11) is 5.24. The zero-order valence-electron chi connectivity index (χ0n) is 11.1. The highest BCUT2D eigenvalue weighted by atomic mass is 79.9. The van der Waals surface area contributed by atoms with Gasteiger partial charge in [-0.05, 0) is 52.1 Å².